The highest BCUT2D eigenvalue weighted by Gasteiger charge is 2.26. The van der Waals surface area contributed by atoms with Crippen molar-refractivity contribution in [2.24, 2.45) is 5.92 Å². The smallest absolute Gasteiger partial charge is 0.356 e. The Balaban J connectivity index is 1.78. The fraction of sp³-hybridized carbons (Fsp3) is 0.370. The van der Waals surface area contributed by atoms with E-state index in [-0.39, 0.29) is 18.2 Å². The minimum atomic E-state index is -0.547. The number of benzene rings is 1. The minimum absolute atomic E-state index is 0.137. The maximum absolute atomic E-state index is 13.0. The summed E-state index contributed by atoms with van der Waals surface area (Å²) in [4.78, 5) is 33.5. The molecule has 1 amide bonds. The van der Waals surface area contributed by atoms with Gasteiger partial charge in [-0.1, -0.05) is 38.5 Å². The maximum Gasteiger partial charge on any atom is 0.356 e. The van der Waals surface area contributed by atoms with Gasteiger partial charge in [-0.15, -0.1) is 0 Å². The van der Waals surface area contributed by atoms with E-state index in [2.05, 4.69) is 35.5 Å². The summed E-state index contributed by atoms with van der Waals surface area (Å²) in [5, 5.41) is 8.06. The first-order valence-corrected chi connectivity index (χ1v) is 12.1. The van der Waals surface area contributed by atoms with E-state index >= 15 is 0 Å². The molecule has 3 aromatic heterocycles. The molecule has 1 atom stereocenters. The maximum atomic E-state index is 13.0. The number of hydrogen-bond donors (Lipinski definition) is 3. The summed E-state index contributed by atoms with van der Waals surface area (Å²) in [7, 11) is 2.78. The molecule has 4 rings (SSSR count). The average molecular weight is 492 g/mol. The molecule has 9 nitrogen and oxygen atoms in total. The summed E-state index contributed by atoms with van der Waals surface area (Å²) < 4.78 is 11.9. The monoisotopic (exact) mass is 491 g/mol. The van der Waals surface area contributed by atoms with E-state index in [0.717, 1.165) is 35.1 Å². The van der Waals surface area contributed by atoms with Crippen molar-refractivity contribution in [3.63, 3.8) is 0 Å². The van der Waals surface area contributed by atoms with E-state index in [4.69, 9.17) is 14.5 Å². The molecule has 0 fully saturated rings. The largest absolute Gasteiger partial charge is 0.464 e. The zero-order valence-corrected chi connectivity index (χ0v) is 21.2. The molecule has 0 saturated carbocycles. The van der Waals surface area contributed by atoms with Crippen LogP contribution in [0.3, 0.4) is 0 Å². The number of fused-ring (bicyclic) bond motifs is 2. The third-order valence-electron chi connectivity index (χ3n) is 6.45. The van der Waals surface area contributed by atoms with Gasteiger partial charge in [0.2, 0.25) is 5.91 Å². The van der Waals surface area contributed by atoms with Crippen molar-refractivity contribution in [3.8, 4) is 0 Å². The molecule has 0 spiro atoms. The number of carbonyl (C=O) groups excluding carboxylic acids is 2. The number of amides is 1. The van der Waals surface area contributed by atoms with Crippen LogP contribution in [0.5, 0.6) is 0 Å². The number of para-hydroxylation sites is 1. The van der Waals surface area contributed by atoms with Crippen LogP contribution >= 0.6 is 0 Å². The van der Waals surface area contributed by atoms with Crippen LogP contribution in [0.4, 0.5) is 11.4 Å². The average Bonchev–Trinajstić information content (AvgIpc) is 3.44. The van der Waals surface area contributed by atoms with Crippen molar-refractivity contribution in [1.29, 1.82) is 0 Å². The summed E-state index contributed by atoms with van der Waals surface area (Å²) in [6.07, 6.45) is 5.45. The van der Waals surface area contributed by atoms with Crippen molar-refractivity contribution in [3.05, 3.63) is 54.0 Å². The number of pyridine rings is 1. The van der Waals surface area contributed by atoms with Gasteiger partial charge in [0.15, 0.2) is 5.69 Å². The van der Waals surface area contributed by atoms with Gasteiger partial charge in [-0.25, -0.2) is 9.78 Å². The Morgan fingerprint density at radius 2 is 2.00 bits per heavy atom. The highest BCUT2D eigenvalue weighted by Crippen LogP contribution is 2.33. The lowest BCUT2D eigenvalue weighted by Crippen LogP contribution is -2.20. The second-order valence-electron chi connectivity index (χ2n) is 8.95. The van der Waals surface area contributed by atoms with Gasteiger partial charge in [0.25, 0.3) is 0 Å². The molecule has 0 aliphatic carbocycles. The zero-order chi connectivity index (χ0) is 25.7. The standard InChI is InChI=1S/C27H33N5O4/c1-5-17(2)13-28-19-12-21-24(31-23(33)16-35-3)25(27(34)36-4)32(26(21)30-15-19)11-10-18-14-29-22-9-7-6-8-20(18)22/h6-9,12,14-15,17,28-29H,5,10-11,13,16H2,1-4H3,(H,31,33)/t17-/m1/s1. The van der Waals surface area contributed by atoms with Gasteiger partial charge >= 0.3 is 5.97 Å². The number of carbonyl (C=O) groups is 2. The predicted molar refractivity (Wildman–Crippen MR) is 142 cm³/mol. The lowest BCUT2D eigenvalue weighted by atomic mass is 10.1. The molecular weight excluding hydrogens is 458 g/mol. The highest BCUT2D eigenvalue weighted by molar-refractivity contribution is 6.11. The van der Waals surface area contributed by atoms with Gasteiger partial charge in [0, 0.05) is 42.7 Å². The van der Waals surface area contributed by atoms with Crippen LogP contribution in [0.25, 0.3) is 21.9 Å². The van der Waals surface area contributed by atoms with Crippen LogP contribution in [0.1, 0.15) is 36.3 Å². The highest BCUT2D eigenvalue weighted by atomic mass is 16.5. The Kier molecular flexibility index (Phi) is 7.90. The van der Waals surface area contributed by atoms with E-state index < -0.39 is 5.97 Å². The number of methoxy groups -OCH3 is 2. The second kappa shape index (κ2) is 11.3. The number of anilines is 2. The number of esters is 1. The van der Waals surface area contributed by atoms with Crippen molar-refractivity contribution in [2.45, 2.75) is 33.2 Å². The number of nitrogens with one attached hydrogen (secondary N) is 3. The number of aromatic amines is 1. The van der Waals surface area contributed by atoms with Gasteiger partial charge in [-0.3, -0.25) is 4.79 Å². The lowest BCUT2D eigenvalue weighted by molar-refractivity contribution is -0.119. The van der Waals surface area contributed by atoms with Crippen LogP contribution in [-0.4, -0.2) is 53.8 Å². The Hall–Kier alpha value is -3.85. The van der Waals surface area contributed by atoms with Crippen LogP contribution in [-0.2, 0) is 27.2 Å². The number of aromatic nitrogens is 3. The van der Waals surface area contributed by atoms with Crippen molar-refractivity contribution >= 4 is 45.2 Å². The third kappa shape index (κ3) is 5.21. The second-order valence-corrected chi connectivity index (χ2v) is 8.95. The van der Waals surface area contributed by atoms with Gasteiger partial charge in [0.1, 0.15) is 12.3 Å². The molecular formula is C27H33N5O4. The predicted octanol–water partition coefficient (Wildman–Crippen LogP) is 4.59. The molecule has 3 N–H and O–H groups in total. The fourth-order valence-electron chi connectivity index (χ4n) is 4.29. The van der Waals surface area contributed by atoms with Crippen LogP contribution in [0.15, 0.2) is 42.7 Å². The molecule has 0 aliphatic heterocycles. The normalized spacial score (nSPS) is 12.1. The fourth-order valence-corrected chi connectivity index (χ4v) is 4.29. The van der Waals surface area contributed by atoms with E-state index in [1.54, 1.807) is 6.20 Å². The summed E-state index contributed by atoms with van der Waals surface area (Å²) in [5.74, 6) is -0.418. The first-order chi connectivity index (χ1) is 17.5. The van der Waals surface area contributed by atoms with E-state index in [1.807, 2.05) is 35.0 Å². The lowest BCUT2D eigenvalue weighted by Gasteiger charge is -2.11. The summed E-state index contributed by atoms with van der Waals surface area (Å²) in [6.45, 7) is 5.44. The van der Waals surface area contributed by atoms with Crippen LogP contribution < -0.4 is 10.6 Å². The molecule has 0 radical (unpaired) electrons. The first-order valence-electron chi connectivity index (χ1n) is 12.1. The molecule has 3 heterocycles. The zero-order valence-electron chi connectivity index (χ0n) is 21.2. The quantitative estimate of drug-likeness (QED) is 0.265. The molecule has 36 heavy (non-hydrogen) atoms. The summed E-state index contributed by atoms with van der Waals surface area (Å²) in [5.41, 5.74) is 4.22. The van der Waals surface area contributed by atoms with Crippen LogP contribution in [0, 0.1) is 5.92 Å². The van der Waals surface area contributed by atoms with Crippen molar-refractivity contribution < 1.29 is 19.1 Å². The molecule has 0 unspecified atom stereocenters. The van der Waals surface area contributed by atoms with E-state index in [9.17, 15) is 9.59 Å². The molecule has 0 aliphatic rings. The minimum Gasteiger partial charge on any atom is -0.464 e. The molecule has 190 valence electrons. The number of aryl methyl sites for hydroxylation is 2. The van der Waals surface area contributed by atoms with Crippen molar-refractivity contribution in [2.75, 3.05) is 38.0 Å². The third-order valence-corrected chi connectivity index (χ3v) is 6.45. The van der Waals surface area contributed by atoms with Gasteiger partial charge < -0.3 is 29.7 Å². The van der Waals surface area contributed by atoms with Crippen LogP contribution in [0.2, 0.25) is 0 Å². The van der Waals surface area contributed by atoms with Gasteiger partial charge in [0.05, 0.1) is 24.7 Å². The topological polar surface area (TPSA) is 110 Å². The Morgan fingerprint density at radius 3 is 2.75 bits per heavy atom. The Labute approximate surface area is 210 Å². The van der Waals surface area contributed by atoms with Crippen molar-refractivity contribution in [1.82, 2.24) is 14.5 Å². The molecule has 0 saturated heterocycles. The van der Waals surface area contributed by atoms with E-state index in [1.165, 1.54) is 14.2 Å². The Morgan fingerprint density at radius 1 is 1.19 bits per heavy atom. The SMILES string of the molecule is CC[C@@H](C)CNc1cnc2c(c1)c(NC(=O)COC)c(C(=O)OC)n2CCc1c[nH]c2ccccc12. The van der Waals surface area contributed by atoms with Gasteiger partial charge in [-0.2, -0.15) is 0 Å². The first kappa shape index (κ1) is 25.2. The number of ether oxygens (including phenoxy) is 2. The molecule has 0 bridgehead atoms. The molecule has 4 aromatic rings. The molecule has 1 aromatic carbocycles. The van der Waals surface area contributed by atoms with Gasteiger partial charge in [-0.05, 0) is 30.0 Å². The number of rotatable bonds is 11. The van der Waals surface area contributed by atoms with E-state index in [0.29, 0.717) is 35.6 Å². The number of H-pyrrole nitrogens is 1. The molecule has 9 heteroatoms. The summed E-state index contributed by atoms with van der Waals surface area (Å²) in [6, 6.07) is 10.0. The number of hydrogen-bond acceptors (Lipinski definition) is 6. The number of nitrogens with zero attached hydrogens (tertiary/aromatic N) is 2. The summed E-state index contributed by atoms with van der Waals surface area (Å²) >= 11 is 0. The Bertz CT molecular complexity index is 1370.